The van der Waals surface area contributed by atoms with Gasteiger partial charge in [0, 0.05) is 6.42 Å². The fourth-order valence-electron chi connectivity index (χ4n) is 1.80. The van der Waals surface area contributed by atoms with Gasteiger partial charge in [-0.25, -0.2) is 0 Å². The highest BCUT2D eigenvalue weighted by Crippen LogP contribution is 2.33. The van der Waals surface area contributed by atoms with Crippen molar-refractivity contribution >= 4 is 11.6 Å². The lowest BCUT2D eigenvalue weighted by atomic mass is 9.82. The van der Waals surface area contributed by atoms with Gasteiger partial charge in [0.1, 0.15) is 0 Å². The molecule has 0 aliphatic rings. The van der Waals surface area contributed by atoms with Crippen molar-refractivity contribution in [2.45, 2.75) is 57.0 Å². The molecule has 0 fully saturated rings. The number of hydrogen-bond donors (Lipinski definition) is 0. The second-order valence-electron chi connectivity index (χ2n) is 5.48. The third kappa shape index (κ3) is 5.06. The highest BCUT2D eigenvalue weighted by molar-refractivity contribution is 6.20. The van der Waals surface area contributed by atoms with Crippen molar-refractivity contribution in [3.05, 3.63) is 35.4 Å². The summed E-state index contributed by atoms with van der Waals surface area (Å²) in [7, 11) is 0. The van der Waals surface area contributed by atoms with Crippen LogP contribution in [0.1, 0.15) is 56.5 Å². The Morgan fingerprint density at radius 2 is 1.63 bits per heavy atom. The highest BCUT2D eigenvalue weighted by Gasteiger charge is 2.28. The fourth-order valence-corrected chi connectivity index (χ4v) is 2.06. The van der Waals surface area contributed by atoms with E-state index in [2.05, 4.69) is 20.8 Å². The predicted octanol–water partition coefficient (Wildman–Crippen LogP) is 6.00. The smallest absolute Gasteiger partial charge is 0.171 e. The standard InChI is InChI=1S/C15H20ClF3/c1-4-14(2,3)12-7-5-11(6-8-12)13(16)9-10-15(17,18)19/h5-8,13H,4,9-10H2,1-3H3. The highest BCUT2D eigenvalue weighted by atomic mass is 35.5. The van der Waals surface area contributed by atoms with Gasteiger partial charge in [-0.1, -0.05) is 45.0 Å². The zero-order chi connectivity index (χ0) is 14.7. The first-order valence-corrected chi connectivity index (χ1v) is 6.90. The van der Waals surface area contributed by atoms with Gasteiger partial charge in [0.2, 0.25) is 0 Å². The Morgan fingerprint density at radius 1 is 1.11 bits per heavy atom. The van der Waals surface area contributed by atoms with Crippen molar-refractivity contribution in [3.63, 3.8) is 0 Å². The van der Waals surface area contributed by atoms with Crippen LogP contribution in [0.25, 0.3) is 0 Å². The van der Waals surface area contributed by atoms with Crippen LogP contribution in [0.5, 0.6) is 0 Å². The number of benzene rings is 1. The van der Waals surface area contributed by atoms with E-state index in [9.17, 15) is 13.2 Å². The number of hydrogen-bond acceptors (Lipinski definition) is 0. The van der Waals surface area contributed by atoms with E-state index in [0.29, 0.717) is 0 Å². The molecule has 0 saturated heterocycles. The van der Waals surface area contributed by atoms with E-state index in [0.717, 1.165) is 12.0 Å². The lowest BCUT2D eigenvalue weighted by molar-refractivity contribution is -0.135. The van der Waals surface area contributed by atoms with Crippen molar-refractivity contribution < 1.29 is 13.2 Å². The molecule has 0 aromatic heterocycles. The summed E-state index contributed by atoms with van der Waals surface area (Å²) in [4.78, 5) is 0. The maximum atomic E-state index is 12.1. The first-order valence-electron chi connectivity index (χ1n) is 6.47. The Hall–Kier alpha value is -0.700. The predicted molar refractivity (Wildman–Crippen MR) is 73.6 cm³/mol. The summed E-state index contributed by atoms with van der Waals surface area (Å²) in [6.45, 7) is 6.40. The second-order valence-corrected chi connectivity index (χ2v) is 6.01. The van der Waals surface area contributed by atoms with Gasteiger partial charge in [0.05, 0.1) is 5.38 Å². The molecule has 1 rings (SSSR count). The summed E-state index contributed by atoms with van der Waals surface area (Å²) in [5.74, 6) is 0. The van der Waals surface area contributed by atoms with Crippen LogP contribution in [0, 0.1) is 0 Å². The maximum Gasteiger partial charge on any atom is 0.389 e. The first-order chi connectivity index (χ1) is 8.65. The first kappa shape index (κ1) is 16.4. The van der Waals surface area contributed by atoms with Crippen molar-refractivity contribution in [1.29, 1.82) is 0 Å². The molecule has 0 aliphatic heterocycles. The van der Waals surface area contributed by atoms with Gasteiger partial charge in [-0.2, -0.15) is 13.2 Å². The Bertz CT molecular complexity index is 393. The molecule has 19 heavy (non-hydrogen) atoms. The zero-order valence-corrected chi connectivity index (χ0v) is 12.3. The van der Waals surface area contributed by atoms with E-state index in [4.69, 9.17) is 11.6 Å². The molecular weight excluding hydrogens is 273 g/mol. The van der Waals surface area contributed by atoms with E-state index >= 15 is 0 Å². The molecule has 1 unspecified atom stereocenters. The molecule has 108 valence electrons. The molecule has 0 N–H and O–H groups in total. The molecule has 0 nitrogen and oxygen atoms in total. The van der Waals surface area contributed by atoms with Crippen LogP contribution in [0.4, 0.5) is 13.2 Å². The van der Waals surface area contributed by atoms with Gasteiger partial charge >= 0.3 is 6.18 Å². The van der Waals surface area contributed by atoms with Crippen molar-refractivity contribution in [1.82, 2.24) is 0 Å². The molecule has 1 atom stereocenters. The molecule has 0 saturated carbocycles. The van der Waals surface area contributed by atoms with Gasteiger partial charge in [-0.15, -0.1) is 11.6 Å². The molecular formula is C15H20ClF3. The van der Waals surface area contributed by atoms with E-state index in [-0.39, 0.29) is 11.8 Å². The zero-order valence-electron chi connectivity index (χ0n) is 11.5. The average molecular weight is 293 g/mol. The summed E-state index contributed by atoms with van der Waals surface area (Å²) >= 11 is 6.01. The largest absolute Gasteiger partial charge is 0.389 e. The summed E-state index contributed by atoms with van der Waals surface area (Å²) in [5, 5.41) is -0.583. The van der Waals surface area contributed by atoms with Crippen LogP contribution in [-0.4, -0.2) is 6.18 Å². The molecule has 0 spiro atoms. The molecule has 4 heteroatoms. The summed E-state index contributed by atoms with van der Waals surface area (Å²) in [5.41, 5.74) is 2.01. The van der Waals surface area contributed by atoms with Gasteiger partial charge in [-0.05, 0) is 29.4 Å². The van der Waals surface area contributed by atoms with Gasteiger partial charge in [0.25, 0.3) is 0 Å². The van der Waals surface area contributed by atoms with Crippen LogP contribution in [-0.2, 0) is 5.41 Å². The lowest BCUT2D eigenvalue weighted by Gasteiger charge is -2.23. The van der Waals surface area contributed by atoms with Crippen molar-refractivity contribution in [2.24, 2.45) is 0 Å². The van der Waals surface area contributed by atoms with Crippen molar-refractivity contribution in [2.75, 3.05) is 0 Å². The molecule has 0 heterocycles. The van der Waals surface area contributed by atoms with Crippen LogP contribution in [0.3, 0.4) is 0 Å². The molecule has 1 aromatic carbocycles. The Kier molecular flexibility index (Phi) is 5.31. The van der Waals surface area contributed by atoms with Gasteiger partial charge in [-0.3, -0.25) is 0 Å². The van der Waals surface area contributed by atoms with Crippen LogP contribution >= 0.6 is 11.6 Å². The molecule has 0 aliphatic carbocycles. The third-order valence-electron chi connectivity index (χ3n) is 3.62. The van der Waals surface area contributed by atoms with E-state index in [1.807, 2.05) is 24.3 Å². The minimum absolute atomic E-state index is 0.0757. The van der Waals surface area contributed by atoms with E-state index in [1.165, 1.54) is 5.56 Å². The fraction of sp³-hybridized carbons (Fsp3) is 0.600. The Balaban J connectivity index is 2.71. The van der Waals surface area contributed by atoms with Crippen molar-refractivity contribution in [3.8, 4) is 0 Å². The lowest BCUT2D eigenvalue weighted by Crippen LogP contribution is -2.15. The van der Waals surface area contributed by atoms with Crippen LogP contribution < -0.4 is 0 Å². The summed E-state index contributed by atoms with van der Waals surface area (Å²) in [6, 6.07) is 7.59. The quantitative estimate of drug-likeness (QED) is 0.584. The topological polar surface area (TPSA) is 0 Å². The Labute approximate surface area is 118 Å². The SMILES string of the molecule is CCC(C)(C)c1ccc(C(Cl)CCC(F)(F)F)cc1. The third-order valence-corrected chi connectivity index (χ3v) is 4.09. The van der Waals surface area contributed by atoms with Gasteiger partial charge in [0.15, 0.2) is 0 Å². The number of alkyl halides is 4. The summed E-state index contributed by atoms with van der Waals surface area (Å²) < 4.78 is 36.4. The van der Waals surface area contributed by atoms with E-state index < -0.39 is 18.0 Å². The molecule has 1 aromatic rings. The molecule has 0 radical (unpaired) electrons. The van der Waals surface area contributed by atoms with Gasteiger partial charge < -0.3 is 0 Å². The summed E-state index contributed by atoms with van der Waals surface area (Å²) in [6.07, 6.45) is -4.06. The number of halogens is 4. The normalized spacial score (nSPS) is 14.5. The maximum absolute atomic E-state index is 12.1. The Morgan fingerprint density at radius 3 is 2.05 bits per heavy atom. The molecule has 0 bridgehead atoms. The second kappa shape index (κ2) is 6.17. The number of rotatable bonds is 5. The average Bonchev–Trinajstić information content (AvgIpc) is 2.35. The monoisotopic (exact) mass is 292 g/mol. The van der Waals surface area contributed by atoms with Crippen LogP contribution in [0.15, 0.2) is 24.3 Å². The minimum atomic E-state index is -4.14. The van der Waals surface area contributed by atoms with E-state index in [1.54, 1.807) is 0 Å². The minimum Gasteiger partial charge on any atom is -0.171 e. The molecule has 0 amide bonds. The van der Waals surface area contributed by atoms with Crippen LogP contribution in [0.2, 0.25) is 0 Å².